The third kappa shape index (κ3) is 3.29. The maximum absolute atomic E-state index is 12.2. The molecule has 0 fully saturated rings. The lowest BCUT2D eigenvalue weighted by Gasteiger charge is -2.17. The van der Waals surface area contributed by atoms with E-state index in [2.05, 4.69) is 0 Å². The Bertz CT molecular complexity index is 810. The SMILES string of the molecule is Cc1ccccc1COC(C)C(=O)ON1C(=O)c2ccccc2C1=O. The van der Waals surface area contributed by atoms with Crippen molar-refractivity contribution in [3.8, 4) is 0 Å². The number of carbonyl (C=O) groups excluding carboxylic acids is 3. The first-order chi connectivity index (χ1) is 12.0. The van der Waals surface area contributed by atoms with Gasteiger partial charge in [-0.25, -0.2) is 4.79 Å². The van der Waals surface area contributed by atoms with E-state index in [1.807, 2.05) is 31.2 Å². The molecule has 0 spiro atoms. The van der Waals surface area contributed by atoms with E-state index in [1.54, 1.807) is 12.1 Å². The number of imide groups is 1. The highest BCUT2D eigenvalue weighted by Gasteiger charge is 2.39. The Morgan fingerprint density at radius 1 is 1.00 bits per heavy atom. The zero-order valence-electron chi connectivity index (χ0n) is 13.9. The highest BCUT2D eigenvalue weighted by molar-refractivity contribution is 6.20. The molecular weight excluding hydrogens is 322 g/mol. The van der Waals surface area contributed by atoms with Gasteiger partial charge < -0.3 is 9.57 Å². The van der Waals surface area contributed by atoms with Gasteiger partial charge in [-0.2, -0.15) is 0 Å². The number of carbonyl (C=O) groups is 3. The fraction of sp³-hybridized carbons (Fsp3) is 0.211. The number of hydrogen-bond acceptors (Lipinski definition) is 5. The molecule has 6 heteroatoms. The number of hydrogen-bond donors (Lipinski definition) is 0. The second-order valence-electron chi connectivity index (χ2n) is 5.74. The second kappa shape index (κ2) is 6.86. The van der Waals surface area contributed by atoms with E-state index < -0.39 is 23.9 Å². The molecule has 0 saturated carbocycles. The molecule has 0 aliphatic carbocycles. The van der Waals surface area contributed by atoms with E-state index in [1.165, 1.54) is 19.1 Å². The number of fused-ring (bicyclic) bond motifs is 1. The Hall–Kier alpha value is -2.99. The van der Waals surface area contributed by atoms with Gasteiger partial charge in [-0.05, 0) is 37.1 Å². The molecule has 0 N–H and O–H groups in total. The second-order valence-corrected chi connectivity index (χ2v) is 5.74. The van der Waals surface area contributed by atoms with Crippen LogP contribution in [0.2, 0.25) is 0 Å². The molecule has 1 aliphatic rings. The molecule has 128 valence electrons. The molecule has 1 atom stereocenters. The molecule has 25 heavy (non-hydrogen) atoms. The number of amides is 2. The lowest BCUT2D eigenvalue weighted by Crippen LogP contribution is -2.36. The third-order valence-electron chi connectivity index (χ3n) is 4.02. The number of aryl methyl sites for hydroxylation is 1. The van der Waals surface area contributed by atoms with Gasteiger partial charge in [0.1, 0.15) is 0 Å². The van der Waals surface area contributed by atoms with Crippen molar-refractivity contribution in [2.45, 2.75) is 26.6 Å². The molecule has 0 saturated heterocycles. The molecule has 2 amide bonds. The number of rotatable bonds is 5. The normalized spacial score (nSPS) is 14.4. The lowest BCUT2D eigenvalue weighted by atomic mass is 10.1. The average molecular weight is 339 g/mol. The van der Waals surface area contributed by atoms with Crippen molar-refractivity contribution < 1.29 is 24.0 Å². The molecular formula is C19H17NO5. The maximum atomic E-state index is 12.2. The summed E-state index contributed by atoms with van der Waals surface area (Å²) in [4.78, 5) is 41.5. The van der Waals surface area contributed by atoms with E-state index in [-0.39, 0.29) is 17.7 Å². The van der Waals surface area contributed by atoms with Gasteiger partial charge in [-0.1, -0.05) is 41.5 Å². The van der Waals surface area contributed by atoms with Gasteiger partial charge in [-0.3, -0.25) is 9.59 Å². The number of benzene rings is 2. The summed E-state index contributed by atoms with van der Waals surface area (Å²) in [7, 11) is 0. The Morgan fingerprint density at radius 2 is 1.56 bits per heavy atom. The highest BCUT2D eigenvalue weighted by atomic mass is 16.7. The molecule has 3 rings (SSSR count). The van der Waals surface area contributed by atoms with E-state index in [0.29, 0.717) is 5.06 Å². The van der Waals surface area contributed by atoms with Crippen LogP contribution in [-0.4, -0.2) is 29.0 Å². The van der Waals surface area contributed by atoms with Crippen molar-refractivity contribution in [1.82, 2.24) is 5.06 Å². The minimum absolute atomic E-state index is 0.216. The van der Waals surface area contributed by atoms with Crippen LogP contribution in [0.15, 0.2) is 48.5 Å². The smallest absolute Gasteiger partial charge is 0.361 e. The molecule has 0 aromatic heterocycles. The van der Waals surface area contributed by atoms with E-state index in [4.69, 9.17) is 9.57 Å². The third-order valence-corrected chi connectivity index (χ3v) is 4.02. The first-order valence-corrected chi connectivity index (χ1v) is 7.84. The Kier molecular flexibility index (Phi) is 4.63. The van der Waals surface area contributed by atoms with E-state index >= 15 is 0 Å². The number of nitrogens with zero attached hydrogens (tertiary/aromatic N) is 1. The summed E-state index contributed by atoms with van der Waals surface area (Å²) in [6, 6.07) is 14.0. The Balaban J connectivity index is 1.62. The molecule has 1 aliphatic heterocycles. The first kappa shape index (κ1) is 16.9. The summed E-state index contributed by atoms with van der Waals surface area (Å²) in [6.45, 7) is 3.68. The van der Waals surface area contributed by atoms with Gasteiger partial charge in [0.05, 0.1) is 17.7 Å². The molecule has 1 unspecified atom stereocenters. The van der Waals surface area contributed by atoms with Gasteiger partial charge in [0.15, 0.2) is 6.10 Å². The summed E-state index contributed by atoms with van der Waals surface area (Å²) in [5.74, 6) is -2.11. The molecule has 0 radical (unpaired) electrons. The minimum atomic E-state index is -0.927. The predicted molar refractivity (Wildman–Crippen MR) is 88.5 cm³/mol. The molecule has 2 aromatic carbocycles. The van der Waals surface area contributed by atoms with Crippen LogP contribution in [-0.2, 0) is 21.0 Å². The molecule has 6 nitrogen and oxygen atoms in total. The number of ether oxygens (including phenoxy) is 1. The van der Waals surface area contributed by atoms with Crippen molar-refractivity contribution >= 4 is 17.8 Å². The Morgan fingerprint density at radius 3 is 2.16 bits per heavy atom. The summed E-state index contributed by atoms with van der Waals surface area (Å²) in [5.41, 5.74) is 2.42. The topological polar surface area (TPSA) is 72.9 Å². The van der Waals surface area contributed by atoms with Gasteiger partial charge in [0.25, 0.3) is 11.8 Å². The van der Waals surface area contributed by atoms with Crippen molar-refractivity contribution in [1.29, 1.82) is 0 Å². The van der Waals surface area contributed by atoms with Crippen LogP contribution in [0.1, 0.15) is 38.8 Å². The van der Waals surface area contributed by atoms with Crippen LogP contribution < -0.4 is 0 Å². The average Bonchev–Trinajstić information content (AvgIpc) is 2.86. The van der Waals surface area contributed by atoms with Crippen LogP contribution in [0.3, 0.4) is 0 Å². The zero-order valence-corrected chi connectivity index (χ0v) is 13.9. The minimum Gasteiger partial charge on any atom is -0.362 e. The van der Waals surface area contributed by atoms with Crippen molar-refractivity contribution in [3.05, 3.63) is 70.8 Å². The fourth-order valence-corrected chi connectivity index (χ4v) is 2.47. The quantitative estimate of drug-likeness (QED) is 0.783. The molecule has 1 heterocycles. The predicted octanol–water partition coefficient (Wildman–Crippen LogP) is 2.65. The molecule has 0 bridgehead atoms. The van der Waals surface area contributed by atoms with Crippen LogP contribution in [0, 0.1) is 6.92 Å². The maximum Gasteiger partial charge on any atom is 0.361 e. The van der Waals surface area contributed by atoms with Crippen LogP contribution >= 0.6 is 0 Å². The van der Waals surface area contributed by atoms with Crippen LogP contribution in [0.25, 0.3) is 0 Å². The van der Waals surface area contributed by atoms with Gasteiger partial charge in [0, 0.05) is 0 Å². The van der Waals surface area contributed by atoms with Gasteiger partial charge in [-0.15, -0.1) is 0 Å². The fourth-order valence-electron chi connectivity index (χ4n) is 2.47. The van der Waals surface area contributed by atoms with Crippen molar-refractivity contribution in [2.24, 2.45) is 0 Å². The summed E-state index contributed by atoms with van der Waals surface area (Å²) in [5, 5.41) is 0.487. The first-order valence-electron chi connectivity index (χ1n) is 7.84. The lowest BCUT2D eigenvalue weighted by molar-refractivity contribution is -0.181. The van der Waals surface area contributed by atoms with Gasteiger partial charge >= 0.3 is 5.97 Å². The summed E-state index contributed by atoms with van der Waals surface area (Å²) >= 11 is 0. The van der Waals surface area contributed by atoms with E-state index in [0.717, 1.165) is 11.1 Å². The summed E-state index contributed by atoms with van der Waals surface area (Å²) in [6.07, 6.45) is -0.927. The zero-order chi connectivity index (χ0) is 18.0. The standard InChI is InChI=1S/C19H17NO5/c1-12-7-3-4-8-14(12)11-24-13(2)19(23)25-20-17(21)15-9-5-6-10-16(15)18(20)22/h3-10,13H,11H2,1-2H3. The number of hydroxylamine groups is 2. The molecule has 2 aromatic rings. The Labute approximate surface area is 144 Å². The highest BCUT2D eigenvalue weighted by Crippen LogP contribution is 2.23. The monoisotopic (exact) mass is 339 g/mol. The van der Waals surface area contributed by atoms with Crippen molar-refractivity contribution in [2.75, 3.05) is 0 Å². The summed E-state index contributed by atoms with van der Waals surface area (Å²) < 4.78 is 5.50. The largest absolute Gasteiger partial charge is 0.362 e. The van der Waals surface area contributed by atoms with Crippen LogP contribution in [0.5, 0.6) is 0 Å². The van der Waals surface area contributed by atoms with E-state index in [9.17, 15) is 14.4 Å². The van der Waals surface area contributed by atoms with Crippen molar-refractivity contribution in [3.63, 3.8) is 0 Å². The van der Waals surface area contributed by atoms with Gasteiger partial charge in [0.2, 0.25) is 0 Å². The van der Waals surface area contributed by atoms with Crippen LogP contribution in [0.4, 0.5) is 0 Å².